The normalized spacial score (nSPS) is 12.2. The molecule has 0 saturated carbocycles. The Labute approximate surface area is 102 Å². The smallest absolute Gasteiger partial charge is 0.206 e. The molecule has 3 nitrogen and oxygen atoms in total. The zero-order valence-corrected chi connectivity index (χ0v) is 11.7. The third-order valence-electron chi connectivity index (χ3n) is 2.42. The average Bonchev–Trinajstić information content (AvgIpc) is 2.66. The van der Waals surface area contributed by atoms with E-state index in [1.54, 1.807) is 10.4 Å². The third kappa shape index (κ3) is 3.06. The lowest BCUT2D eigenvalue weighted by Crippen LogP contribution is -2.31. The molecule has 0 atom stereocenters. The van der Waals surface area contributed by atoms with Crippen LogP contribution >= 0.6 is 11.3 Å². The first-order valence-corrected chi connectivity index (χ1v) is 7.84. The van der Waals surface area contributed by atoms with E-state index >= 15 is 0 Å². The largest absolute Gasteiger partial charge is 0.252 e. The lowest BCUT2D eigenvalue weighted by Gasteiger charge is -2.18. The Bertz CT molecular complexity index is 423. The molecule has 0 radical (unpaired) electrons. The fraction of sp³-hybridized carbons (Fsp3) is 0.636. The Morgan fingerprint density at radius 1 is 1.31 bits per heavy atom. The standard InChI is InChI=1S/C11H19NO2S2/c1-4-6-9-12(5-2)16(13,14)11-8-7-10(3)15-11/h7-8H,4-6,9H2,1-3H3. The van der Waals surface area contributed by atoms with Crippen molar-refractivity contribution < 1.29 is 8.42 Å². The summed E-state index contributed by atoms with van der Waals surface area (Å²) in [5.41, 5.74) is 0. The van der Waals surface area contributed by atoms with Gasteiger partial charge < -0.3 is 0 Å². The van der Waals surface area contributed by atoms with Gasteiger partial charge in [0.15, 0.2) is 0 Å². The van der Waals surface area contributed by atoms with E-state index < -0.39 is 10.0 Å². The Kier molecular flexibility index (Phi) is 4.95. The van der Waals surface area contributed by atoms with Crippen LogP contribution in [-0.4, -0.2) is 25.8 Å². The van der Waals surface area contributed by atoms with E-state index in [1.807, 2.05) is 19.9 Å². The quantitative estimate of drug-likeness (QED) is 0.789. The lowest BCUT2D eigenvalue weighted by molar-refractivity contribution is 0.420. The molecule has 0 aromatic carbocycles. The Balaban J connectivity index is 2.90. The van der Waals surface area contributed by atoms with Crippen LogP contribution in [0.15, 0.2) is 16.3 Å². The van der Waals surface area contributed by atoms with Crippen LogP contribution in [0.3, 0.4) is 0 Å². The van der Waals surface area contributed by atoms with E-state index in [4.69, 9.17) is 0 Å². The minimum Gasteiger partial charge on any atom is -0.206 e. The fourth-order valence-corrected chi connectivity index (χ4v) is 4.39. The second-order valence-electron chi connectivity index (χ2n) is 3.72. The summed E-state index contributed by atoms with van der Waals surface area (Å²) >= 11 is 1.34. The summed E-state index contributed by atoms with van der Waals surface area (Å²) in [4.78, 5) is 1.03. The Morgan fingerprint density at radius 2 is 2.00 bits per heavy atom. The number of hydrogen-bond donors (Lipinski definition) is 0. The molecule has 0 unspecified atom stereocenters. The Hall–Kier alpha value is -0.390. The van der Waals surface area contributed by atoms with E-state index in [-0.39, 0.29) is 0 Å². The van der Waals surface area contributed by atoms with Crippen molar-refractivity contribution in [1.29, 1.82) is 0 Å². The maximum atomic E-state index is 12.2. The van der Waals surface area contributed by atoms with Gasteiger partial charge in [0.05, 0.1) is 0 Å². The molecule has 0 bridgehead atoms. The first kappa shape index (κ1) is 13.7. The highest BCUT2D eigenvalue weighted by Crippen LogP contribution is 2.24. The molecule has 0 N–H and O–H groups in total. The summed E-state index contributed by atoms with van der Waals surface area (Å²) in [5.74, 6) is 0. The highest BCUT2D eigenvalue weighted by Gasteiger charge is 2.23. The molecule has 0 saturated heterocycles. The molecular formula is C11H19NO2S2. The van der Waals surface area contributed by atoms with Gasteiger partial charge in [-0.2, -0.15) is 4.31 Å². The Morgan fingerprint density at radius 3 is 2.44 bits per heavy atom. The maximum Gasteiger partial charge on any atom is 0.252 e. The van der Waals surface area contributed by atoms with E-state index in [1.165, 1.54) is 11.3 Å². The van der Waals surface area contributed by atoms with Gasteiger partial charge in [0.2, 0.25) is 0 Å². The van der Waals surface area contributed by atoms with Crippen molar-refractivity contribution in [2.24, 2.45) is 0 Å². The van der Waals surface area contributed by atoms with Gasteiger partial charge in [-0.1, -0.05) is 20.3 Å². The van der Waals surface area contributed by atoms with Crippen LogP contribution in [0.1, 0.15) is 31.6 Å². The third-order valence-corrected chi connectivity index (χ3v) is 5.87. The minimum atomic E-state index is -3.25. The predicted octanol–water partition coefficient (Wildman–Crippen LogP) is 2.87. The summed E-state index contributed by atoms with van der Waals surface area (Å²) in [5, 5.41) is 0. The van der Waals surface area contributed by atoms with Crippen molar-refractivity contribution in [2.45, 2.75) is 37.8 Å². The SMILES string of the molecule is CCCCN(CC)S(=O)(=O)c1ccc(C)s1. The fourth-order valence-electron chi connectivity index (χ4n) is 1.46. The summed E-state index contributed by atoms with van der Waals surface area (Å²) in [7, 11) is -3.25. The number of hydrogen-bond acceptors (Lipinski definition) is 3. The van der Waals surface area contributed by atoms with Crippen LogP contribution in [0.2, 0.25) is 0 Å². The summed E-state index contributed by atoms with van der Waals surface area (Å²) in [6.45, 7) is 7.03. The molecule has 0 amide bonds. The van der Waals surface area contributed by atoms with Crippen molar-refractivity contribution in [3.05, 3.63) is 17.0 Å². The molecule has 0 aliphatic rings. The number of nitrogens with zero attached hydrogens (tertiary/aromatic N) is 1. The zero-order chi connectivity index (χ0) is 12.2. The van der Waals surface area contributed by atoms with Crippen LogP contribution in [0.4, 0.5) is 0 Å². The van der Waals surface area contributed by atoms with Crippen molar-refractivity contribution in [3.8, 4) is 0 Å². The topological polar surface area (TPSA) is 37.4 Å². The first-order chi connectivity index (χ1) is 7.52. The van der Waals surface area contributed by atoms with Gasteiger partial charge in [-0.15, -0.1) is 11.3 Å². The molecule has 0 aliphatic heterocycles. The highest BCUT2D eigenvalue weighted by molar-refractivity contribution is 7.91. The van der Waals surface area contributed by atoms with Crippen LogP contribution < -0.4 is 0 Å². The van der Waals surface area contributed by atoms with Crippen molar-refractivity contribution in [2.75, 3.05) is 13.1 Å². The second kappa shape index (κ2) is 5.80. The highest BCUT2D eigenvalue weighted by atomic mass is 32.2. The van der Waals surface area contributed by atoms with E-state index in [9.17, 15) is 8.42 Å². The molecule has 5 heteroatoms. The van der Waals surface area contributed by atoms with E-state index in [0.717, 1.165) is 17.7 Å². The summed E-state index contributed by atoms with van der Waals surface area (Å²) in [6.07, 6.45) is 1.92. The molecule has 1 rings (SSSR count). The number of aryl methyl sites for hydroxylation is 1. The molecule has 0 spiro atoms. The van der Waals surface area contributed by atoms with Crippen LogP contribution in [0.25, 0.3) is 0 Å². The van der Waals surface area contributed by atoms with Crippen molar-refractivity contribution in [3.63, 3.8) is 0 Å². The van der Waals surface area contributed by atoms with Gasteiger partial charge in [0, 0.05) is 18.0 Å². The van der Waals surface area contributed by atoms with E-state index in [2.05, 4.69) is 6.92 Å². The molecule has 0 fully saturated rings. The zero-order valence-electron chi connectivity index (χ0n) is 10.1. The van der Waals surface area contributed by atoms with Gasteiger partial charge in [-0.25, -0.2) is 8.42 Å². The second-order valence-corrected chi connectivity index (χ2v) is 7.17. The molecule has 16 heavy (non-hydrogen) atoms. The van der Waals surface area contributed by atoms with Crippen LogP contribution in [0, 0.1) is 6.92 Å². The first-order valence-electron chi connectivity index (χ1n) is 5.59. The number of rotatable bonds is 6. The summed E-state index contributed by atoms with van der Waals surface area (Å²) in [6, 6.07) is 3.55. The van der Waals surface area contributed by atoms with Crippen LogP contribution in [0.5, 0.6) is 0 Å². The molecule has 1 aromatic heterocycles. The molecule has 0 aliphatic carbocycles. The summed E-state index contributed by atoms with van der Waals surface area (Å²) < 4.78 is 26.5. The van der Waals surface area contributed by atoms with Gasteiger partial charge >= 0.3 is 0 Å². The number of thiophene rings is 1. The van der Waals surface area contributed by atoms with Crippen LogP contribution in [-0.2, 0) is 10.0 Å². The molecule has 1 aromatic rings. The monoisotopic (exact) mass is 261 g/mol. The number of sulfonamides is 1. The number of unbranched alkanes of at least 4 members (excludes halogenated alkanes) is 1. The predicted molar refractivity (Wildman–Crippen MR) is 68.4 cm³/mol. The maximum absolute atomic E-state index is 12.2. The minimum absolute atomic E-state index is 0.461. The van der Waals surface area contributed by atoms with Gasteiger partial charge in [0.1, 0.15) is 4.21 Å². The average molecular weight is 261 g/mol. The van der Waals surface area contributed by atoms with Crippen molar-refractivity contribution in [1.82, 2.24) is 4.31 Å². The molecule has 1 heterocycles. The van der Waals surface area contributed by atoms with E-state index in [0.29, 0.717) is 17.3 Å². The van der Waals surface area contributed by atoms with Gasteiger partial charge in [-0.05, 0) is 25.5 Å². The molecular weight excluding hydrogens is 242 g/mol. The van der Waals surface area contributed by atoms with Gasteiger partial charge in [-0.3, -0.25) is 0 Å². The lowest BCUT2D eigenvalue weighted by atomic mass is 10.3. The van der Waals surface area contributed by atoms with Gasteiger partial charge in [0.25, 0.3) is 10.0 Å². The molecule has 92 valence electrons. The van der Waals surface area contributed by atoms with Crippen molar-refractivity contribution >= 4 is 21.4 Å².